The van der Waals surface area contributed by atoms with E-state index in [2.05, 4.69) is 4.90 Å². The Morgan fingerprint density at radius 2 is 1.62 bits per heavy atom. The summed E-state index contributed by atoms with van der Waals surface area (Å²) in [5.41, 5.74) is -0.935. The lowest BCUT2D eigenvalue weighted by molar-refractivity contribution is -0.137. The fraction of sp³-hybridized carbons (Fsp3) is 0.625. The molecule has 2 fully saturated rings. The first kappa shape index (κ1) is 19.2. The molecule has 0 aliphatic carbocycles. The standard InChI is InChI=1S/C14H17F3N2O2S.C2H6/c1-18-8-11-5-6-12(9-18)19(11)22(20,21)13-4-2-3-10(7-13)14(15,16)17;1-2/h2-4,7,11-12H,5-6,8-9H2,1H3;1-2H3. The third-order valence-corrected chi connectivity index (χ3v) is 6.34. The maximum atomic E-state index is 12.8. The van der Waals surface area contributed by atoms with Crippen molar-refractivity contribution in [1.82, 2.24) is 9.21 Å². The minimum atomic E-state index is -4.55. The predicted octanol–water partition coefficient (Wildman–Crippen LogP) is 3.20. The van der Waals surface area contributed by atoms with Crippen LogP contribution < -0.4 is 0 Å². The van der Waals surface area contributed by atoms with Crippen LogP contribution in [-0.4, -0.2) is 49.8 Å². The van der Waals surface area contributed by atoms with Gasteiger partial charge in [0.05, 0.1) is 10.5 Å². The van der Waals surface area contributed by atoms with Crippen LogP contribution in [0.25, 0.3) is 0 Å². The summed E-state index contributed by atoms with van der Waals surface area (Å²) in [7, 11) is -1.97. The number of benzene rings is 1. The second kappa shape index (κ2) is 7.01. The number of rotatable bonds is 2. The summed E-state index contributed by atoms with van der Waals surface area (Å²) in [6.45, 7) is 5.24. The Hall–Kier alpha value is -1.12. The van der Waals surface area contributed by atoms with E-state index < -0.39 is 21.8 Å². The summed E-state index contributed by atoms with van der Waals surface area (Å²) >= 11 is 0. The smallest absolute Gasteiger partial charge is 0.303 e. The lowest BCUT2D eigenvalue weighted by atomic mass is 10.2. The van der Waals surface area contributed by atoms with Crippen LogP contribution in [0.3, 0.4) is 0 Å². The third kappa shape index (κ3) is 3.60. The Labute approximate surface area is 141 Å². The van der Waals surface area contributed by atoms with E-state index in [0.717, 1.165) is 31.0 Å². The molecule has 4 nitrogen and oxygen atoms in total. The first-order valence-corrected chi connectivity index (χ1v) is 9.53. The molecule has 24 heavy (non-hydrogen) atoms. The molecule has 2 heterocycles. The number of hydrogen-bond acceptors (Lipinski definition) is 3. The van der Waals surface area contributed by atoms with E-state index >= 15 is 0 Å². The van der Waals surface area contributed by atoms with Gasteiger partial charge >= 0.3 is 6.18 Å². The third-order valence-electron chi connectivity index (χ3n) is 4.33. The van der Waals surface area contributed by atoms with Gasteiger partial charge in [-0.25, -0.2) is 8.42 Å². The number of alkyl halides is 3. The van der Waals surface area contributed by atoms with Gasteiger partial charge in [0.2, 0.25) is 10.0 Å². The molecule has 0 amide bonds. The highest BCUT2D eigenvalue weighted by Crippen LogP contribution is 2.36. The van der Waals surface area contributed by atoms with Crippen LogP contribution in [-0.2, 0) is 16.2 Å². The number of halogens is 3. The van der Waals surface area contributed by atoms with Gasteiger partial charge in [0.1, 0.15) is 0 Å². The van der Waals surface area contributed by atoms with E-state index in [9.17, 15) is 21.6 Å². The lowest BCUT2D eigenvalue weighted by Crippen LogP contribution is -2.54. The zero-order valence-electron chi connectivity index (χ0n) is 14.0. The van der Waals surface area contributed by atoms with E-state index in [1.165, 1.54) is 10.4 Å². The van der Waals surface area contributed by atoms with Crippen molar-refractivity contribution in [2.24, 2.45) is 0 Å². The average Bonchev–Trinajstić information content (AvgIpc) is 2.82. The molecule has 1 aromatic carbocycles. The summed E-state index contributed by atoms with van der Waals surface area (Å²) in [5, 5.41) is 0. The van der Waals surface area contributed by atoms with Crippen molar-refractivity contribution in [2.45, 2.75) is 49.8 Å². The van der Waals surface area contributed by atoms with Gasteiger partial charge in [-0.05, 0) is 38.1 Å². The summed E-state index contributed by atoms with van der Waals surface area (Å²) in [6.07, 6.45) is -3.03. The van der Waals surface area contributed by atoms with Crippen molar-refractivity contribution >= 4 is 10.0 Å². The zero-order chi connectivity index (χ0) is 18.1. The van der Waals surface area contributed by atoms with E-state index in [1.54, 1.807) is 0 Å². The SMILES string of the molecule is CC.CN1CC2CCC(C1)N2S(=O)(=O)c1cccc(C(F)(F)F)c1. The van der Waals surface area contributed by atoms with E-state index in [4.69, 9.17) is 0 Å². The summed E-state index contributed by atoms with van der Waals surface area (Å²) in [4.78, 5) is 1.80. The van der Waals surface area contributed by atoms with Crippen LogP contribution in [0.4, 0.5) is 13.2 Å². The van der Waals surface area contributed by atoms with Crippen LogP contribution in [0.5, 0.6) is 0 Å². The minimum Gasteiger partial charge on any atom is -0.303 e. The monoisotopic (exact) mass is 364 g/mol. The fourth-order valence-corrected chi connectivity index (χ4v) is 5.32. The largest absolute Gasteiger partial charge is 0.416 e. The van der Waals surface area contributed by atoms with Crippen LogP contribution in [0, 0.1) is 0 Å². The number of likely N-dealkylation sites (tertiary alicyclic amines) is 1. The number of fused-ring (bicyclic) bond motifs is 2. The van der Waals surface area contributed by atoms with Gasteiger partial charge in [0.15, 0.2) is 0 Å². The van der Waals surface area contributed by atoms with Gasteiger partial charge in [-0.15, -0.1) is 0 Å². The second-order valence-electron chi connectivity index (χ2n) is 5.97. The number of piperazine rings is 1. The van der Waals surface area contributed by atoms with Crippen molar-refractivity contribution in [3.05, 3.63) is 29.8 Å². The Morgan fingerprint density at radius 3 is 2.12 bits per heavy atom. The molecule has 136 valence electrons. The summed E-state index contributed by atoms with van der Waals surface area (Å²) in [5.74, 6) is 0. The molecule has 1 aromatic rings. The molecule has 0 N–H and O–H groups in total. The highest BCUT2D eigenvalue weighted by atomic mass is 32.2. The van der Waals surface area contributed by atoms with E-state index in [-0.39, 0.29) is 17.0 Å². The van der Waals surface area contributed by atoms with Crippen LogP contribution in [0.1, 0.15) is 32.3 Å². The first-order chi connectivity index (χ1) is 11.2. The molecule has 2 atom stereocenters. The molecule has 8 heteroatoms. The van der Waals surface area contributed by atoms with Gasteiger partial charge in [0, 0.05) is 25.2 Å². The molecule has 2 aliphatic heterocycles. The molecule has 2 unspecified atom stereocenters. The van der Waals surface area contributed by atoms with Gasteiger partial charge in [-0.1, -0.05) is 19.9 Å². The molecule has 0 spiro atoms. The van der Waals surface area contributed by atoms with Crippen LogP contribution >= 0.6 is 0 Å². The molecule has 0 saturated carbocycles. The zero-order valence-corrected chi connectivity index (χ0v) is 14.9. The number of sulfonamides is 1. The van der Waals surface area contributed by atoms with Crippen molar-refractivity contribution in [2.75, 3.05) is 20.1 Å². The molecule has 3 rings (SSSR count). The van der Waals surface area contributed by atoms with E-state index in [0.29, 0.717) is 13.1 Å². The lowest BCUT2D eigenvalue weighted by Gasteiger charge is -2.38. The summed E-state index contributed by atoms with van der Waals surface area (Å²) < 4.78 is 65.4. The summed E-state index contributed by atoms with van der Waals surface area (Å²) in [6, 6.07) is 3.70. The van der Waals surface area contributed by atoms with Gasteiger partial charge < -0.3 is 4.90 Å². The molecule has 0 radical (unpaired) electrons. The van der Waals surface area contributed by atoms with Gasteiger partial charge in [0.25, 0.3) is 0 Å². The Balaban J connectivity index is 0.00000100. The molecular weight excluding hydrogens is 341 g/mol. The normalized spacial score (nSPS) is 25.2. The van der Waals surface area contributed by atoms with Crippen molar-refractivity contribution in [3.8, 4) is 0 Å². The van der Waals surface area contributed by atoms with Crippen LogP contribution in [0.2, 0.25) is 0 Å². The van der Waals surface area contributed by atoms with Crippen LogP contribution in [0.15, 0.2) is 29.2 Å². The van der Waals surface area contributed by atoms with Crippen molar-refractivity contribution < 1.29 is 21.6 Å². The predicted molar refractivity (Wildman–Crippen MR) is 86.1 cm³/mol. The quantitative estimate of drug-likeness (QED) is 0.809. The van der Waals surface area contributed by atoms with Crippen molar-refractivity contribution in [1.29, 1.82) is 0 Å². The van der Waals surface area contributed by atoms with Crippen molar-refractivity contribution in [3.63, 3.8) is 0 Å². The fourth-order valence-electron chi connectivity index (χ4n) is 3.42. The Kier molecular flexibility index (Phi) is 5.61. The maximum absolute atomic E-state index is 12.8. The Bertz CT molecular complexity index is 662. The highest BCUT2D eigenvalue weighted by molar-refractivity contribution is 7.89. The molecule has 2 saturated heterocycles. The maximum Gasteiger partial charge on any atom is 0.416 e. The van der Waals surface area contributed by atoms with E-state index in [1.807, 2.05) is 20.9 Å². The minimum absolute atomic E-state index is 0.150. The number of nitrogens with zero attached hydrogens (tertiary/aromatic N) is 2. The topological polar surface area (TPSA) is 40.6 Å². The first-order valence-electron chi connectivity index (χ1n) is 8.09. The molecule has 0 aromatic heterocycles. The molecular formula is C16H23F3N2O2S. The second-order valence-corrected chi connectivity index (χ2v) is 7.81. The molecule has 2 aliphatic rings. The Morgan fingerprint density at radius 1 is 1.08 bits per heavy atom. The highest BCUT2D eigenvalue weighted by Gasteiger charge is 2.46. The number of likely N-dealkylation sites (N-methyl/N-ethyl adjacent to an activating group) is 1. The number of hydrogen-bond donors (Lipinski definition) is 0. The van der Waals surface area contributed by atoms with Gasteiger partial charge in [-0.2, -0.15) is 17.5 Å². The average molecular weight is 364 g/mol. The molecule has 2 bridgehead atoms. The van der Waals surface area contributed by atoms with Gasteiger partial charge in [-0.3, -0.25) is 0 Å².